The van der Waals surface area contributed by atoms with Crippen LogP contribution < -0.4 is 4.90 Å². The van der Waals surface area contributed by atoms with Gasteiger partial charge in [0.05, 0.1) is 16.7 Å². The van der Waals surface area contributed by atoms with Gasteiger partial charge in [-0.2, -0.15) is 0 Å². The fourth-order valence-electron chi connectivity index (χ4n) is 1.52. The third kappa shape index (κ3) is 2.24. The van der Waals surface area contributed by atoms with Gasteiger partial charge < -0.3 is 9.47 Å². The van der Waals surface area contributed by atoms with E-state index in [4.69, 9.17) is 0 Å². The SMILES string of the molecule is CN(Cc1nccn1C)c1ccncc1Br. The fourth-order valence-corrected chi connectivity index (χ4v) is 2.08. The Morgan fingerprint density at radius 1 is 1.44 bits per heavy atom. The van der Waals surface area contributed by atoms with Crippen LogP contribution in [0.15, 0.2) is 35.3 Å². The number of imidazole rings is 1. The van der Waals surface area contributed by atoms with Crippen LogP contribution in [-0.4, -0.2) is 21.6 Å². The van der Waals surface area contributed by atoms with Gasteiger partial charge in [-0.1, -0.05) is 0 Å². The van der Waals surface area contributed by atoms with E-state index in [-0.39, 0.29) is 0 Å². The predicted octanol–water partition coefficient (Wildman–Crippen LogP) is 2.21. The summed E-state index contributed by atoms with van der Waals surface area (Å²) in [6, 6.07) is 1.98. The number of aryl methyl sites for hydroxylation is 1. The van der Waals surface area contributed by atoms with E-state index in [0.717, 1.165) is 22.5 Å². The highest BCUT2D eigenvalue weighted by Crippen LogP contribution is 2.24. The highest BCUT2D eigenvalue weighted by Gasteiger charge is 2.08. The Morgan fingerprint density at radius 2 is 2.25 bits per heavy atom. The number of nitrogens with zero attached hydrogens (tertiary/aromatic N) is 4. The monoisotopic (exact) mass is 280 g/mol. The molecule has 0 atom stereocenters. The normalized spacial score (nSPS) is 10.4. The van der Waals surface area contributed by atoms with E-state index >= 15 is 0 Å². The Balaban J connectivity index is 2.18. The molecule has 0 fully saturated rings. The lowest BCUT2D eigenvalue weighted by Gasteiger charge is -2.19. The quantitative estimate of drug-likeness (QED) is 0.865. The molecular formula is C11H13BrN4. The van der Waals surface area contributed by atoms with Crippen LogP contribution in [0.25, 0.3) is 0 Å². The molecule has 0 spiro atoms. The zero-order chi connectivity index (χ0) is 11.5. The smallest absolute Gasteiger partial charge is 0.127 e. The van der Waals surface area contributed by atoms with E-state index in [1.165, 1.54) is 0 Å². The fraction of sp³-hybridized carbons (Fsp3) is 0.273. The molecule has 0 aliphatic heterocycles. The summed E-state index contributed by atoms with van der Waals surface area (Å²) in [5.74, 6) is 1.03. The van der Waals surface area contributed by atoms with Gasteiger partial charge in [-0.25, -0.2) is 4.98 Å². The topological polar surface area (TPSA) is 34.0 Å². The molecule has 0 aliphatic rings. The van der Waals surface area contributed by atoms with E-state index in [0.29, 0.717) is 0 Å². The third-order valence-corrected chi connectivity index (χ3v) is 3.07. The van der Waals surface area contributed by atoms with E-state index < -0.39 is 0 Å². The van der Waals surface area contributed by atoms with Crippen LogP contribution in [0.3, 0.4) is 0 Å². The Hall–Kier alpha value is -1.36. The average Bonchev–Trinajstić information content (AvgIpc) is 2.65. The minimum absolute atomic E-state index is 0.770. The van der Waals surface area contributed by atoms with Gasteiger partial charge in [0.1, 0.15) is 5.82 Å². The lowest BCUT2D eigenvalue weighted by molar-refractivity contribution is 0.760. The molecule has 0 radical (unpaired) electrons. The van der Waals surface area contributed by atoms with E-state index in [1.807, 2.05) is 37.1 Å². The molecule has 0 saturated heterocycles. The van der Waals surface area contributed by atoms with Crippen molar-refractivity contribution in [2.45, 2.75) is 6.54 Å². The van der Waals surface area contributed by atoms with Crippen LogP contribution in [0.4, 0.5) is 5.69 Å². The van der Waals surface area contributed by atoms with Crippen molar-refractivity contribution in [3.63, 3.8) is 0 Å². The summed E-state index contributed by atoms with van der Waals surface area (Å²) < 4.78 is 3.01. The van der Waals surface area contributed by atoms with Crippen molar-refractivity contribution in [3.05, 3.63) is 41.2 Å². The first-order valence-electron chi connectivity index (χ1n) is 4.95. The Bertz CT molecular complexity index is 480. The van der Waals surface area contributed by atoms with Gasteiger partial charge in [-0.15, -0.1) is 0 Å². The number of hydrogen-bond acceptors (Lipinski definition) is 3. The van der Waals surface area contributed by atoms with Gasteiger partial charge in [0.25, 0.3) is 0 Å². The Kier molecular flexibility index (Phi) is 3.24. The largest absolute Gasteiger partial charge is 0.366 e. The minimum Gasteiger partial charge on any atom is -0.366 e. The molecule has 0 aliphatic carbocycles. The predicted molar refractivity (Wildman–Crippen MR) is 67.3 cm³/mol. The maximum atomic E-state index is 4.30. The molecule has 0 saturated carbocycles. The molecule has 0 bridgehead atoms. The average molecular weight is 281 g/mol. The summed E-state index contributed by atoms with van der Waals surface area (Å²) in [6.07, 6.45) is 7.34. The van der Waals surface area contributed by atoms with Crippen LogP contribution in [0, 0.1) is 0 Å². The molecule has 0 amide bonds. The molecule has 2 rings (SSSR count). The number of halogens is 1. The first-order chi connectivity index (χ1) is 7.68. The van der Waals surface area contributed by atoms with Crippen molar-refractivity contribution in [1.82, 2.24) is 14.5 Å². The van der Waals surface area contributed by atoms with E-state index in [1.54, 1.807) is 12.4 Å². The Morgan fingerprint density at radius 3 is 2.88 bits per heavy atom. The summed E-state index contributed by atoms with van der Waals surface area (Å²) in [7, 11) is 4.03. The summed E-state index contributed by atoms with van der Waals surface area (Å²) in [5, 5.41) is 0. The third-order valence-electron chi connectivity index (χ3n) is 2.46. The molecule has 0 N–H and O–H groups in total. The van der Waals surface area contributed by atoms with E-state index in [9.17, 15) is 0 Å². The highest BCUT2D eigenvalue weighted by molar-refractivity contribution is 9.10. The molecule has 2 aromatic heterocycles. The second-order valence-corrected chi connectivity index (χ2v) is 4.49. The molecule has 84 valence electrons. The highest BCUT2D eigenvalue weighted by atomic mass is 79.9. The summed E-state index contributed by atoms with van der Waals surface area (Å²) in [6.45, 7) is 0.770. The van der Waals surface area contributed by atoms with Crippen molar-refractivity contribution in [1.29, 1.82) is 0 Å². The van der Waals surface area contributed by atoms with Crippen molar-refractivity contribution in [2.75, 3.05) is 11.9 Å². The minimum atomic E-state index is 0.770. The zero-order valence-electron chi connectivity index (χ0n) is 9.26. The second-order valence-electron chi connectivity index (χ2n) is 3.64. The van der Waals surface area contributed by atoms with Gasteiger partial charge in [-0.3, -0.25) is 4.98 Å². The first kappa shape index (κ1) is 11.1. The van der Waals surface area contributed by atoms with Gasteiger partial charge in [0.2, 0.25) is 0 Å². The van der Waals surface area contributed by atoms with E-state index in [2.05, 4.69) is 30.8 Å². The molecule has 2 heterocycles. The van der Waals surface area contributed by atoms with Gasteiger partial charge in [-0.05, 0) is 22.0 Å². The summed E-state index contributed by atoms with van der Waals surface area (Å²) in [5.41, 5.74) is 1.11. The van der Waals surface area contributed by atoms with Crippen LogP contribution in [0.5, 0.6) is 0 Å². The number of aromatic nitrogens is 3. The number of anilines is 1. The molecule has 5 heteroatoms. The molecule has 0 aromatic carbocycles. The number of pyridine rings is 1. The van der Waals surface area contributed by atoms with Crippen molar-refractivity contribution < 1.29 is 0 Å². The molecule has 2 aromatic rings. The molecule has 0 unspecified atom stereocenters. The molecular weight excluding hydrogens is 268 g/mol. The maximum Gasteiger partial charge on any atom is 0.127 e. The molecule has 4 nitrogen and oxygen atoms in total. The lowest BCUT2D eigenvalue weighted by atomic mass is 10.3. The maximum absolute atomic E-state index is 4.30. The van der Waals surface area contributed by atoms with Crippen LogP contribution >= 0.6 is 15.9 Å². The zero-order valence-corrected chi connectivity index (χ0v) is 10.8. The van der Waals surface area contributed by atoms with Crippen LogP contribution in [-0.2, 0) is 13.6 Å². The van der Waals surface area contributed by atoms with Crippen LogP contribution in [0.2, 0.25) is 0 Å². The van der Waals surface area contributed by atoms with Gasteiger partial charge >= 0.3 is 0 Å². The van der Waals surface area contributed by atoms with Gasteiger partial charge in [0, 0.05) is 38.9 Å². The molecule has 16 heavy (non-hydrogen) atoms. The number of hydrogen-bond donors (Lipinski definition) is 0. The van der Waals surface area contributed by atoms with Crippen LogP contribution in [0.1, 0.15) is 5.82 Å². The summed E-state index contributed by atoms with van der Waals surface area (Å²) in [4.78, 5) is 10.5. The number of rotatable bonds is 3. The van der Waals surface area contributed by atoms with Crippen molar-refractivity contribution in [2.24, 2.45) is 7.05 Å². The summed E-state index contributed by atoms with van der Waals surface area (Å²) >= 11 is 3.49. The first-order valence-corrected chi connectivity index (χ1v) is 5.74. The standard InChI is InChI=1S/C11H13BrN4/c1-15-6-5-14-11(15)8-16(2)10-3-4-13-7-9(10)12/h3-7H,8H2,1-2H3. The lowest BCUT2D eigenvalue weighted by Crippen LogP contribution is -2.19. The second kappa shape index (κ2) is 4.65. The van der Waals surface area contributed by atoms with Crippen molar-refractivity contribution >= 4 is 21.6 Å². The van der Waals surface area contributed by atoms with Gasteiger partial charge in [0.15, 0.2) is 0 Å². The van der Waals surface area contributed by atoms with Crippen molar-refractivity contribution in [3.8, 4) is 0 Å². The Labute approximate surface area is 103 Å².